The van der Waals surface area contributed by atoms with Gasteiger partial charge in [0.2, 0.25) is 0 Å². The lowest BCUT2D eigenvalue weighted by atomic mass is 10.0. The fourth-order valence-corrected chi connectivity index (χ4v) is 4.72. The normalized spacial score (nSPS) is 15.1. The number of aryl methyl sites for hydroxylation is 1. The van der Waals surface area contributed by atoms with Gasteiger partial charge in [0.15, 0.2) is 11.6 Å². The average molecular weight is 547 g/mol. The van der Waals surface area contributed by atoms with Crippen LogP contribution in [0.3, 0.4) is 0 Å². The maximum atomic E-state index is 13.4. The number of nitrogens with zero attached hydrogens (tertiary/aromatic N) is 10. The number of piperazine rings is 1. The van der Waals surface area contributed by atoms with Crippen molar-refractivity contribution in [1.82, 2.24) is 49.5 Å². The summed E-state index contributed by atoms with van der Waals surface area (Å²) in [4.78, 5) is 30.5. The number of oxazole rings is 1. The minimum absolute atomic E-state index is 0.179. The monoisotopic (exact) mass is 546 g/mol. The molecule has 0 unspecified atom stereocenters. The van der Waals surface area contributed by atoms with E-state index in [4.69, 9.17) is 4.42 Å². The van der Waals surface area contributed by atoms with Gasteiger partial charge in [0, 0.05) is 57.4 Å². The fourth-order valence-electron chi connectivity index (χ4n) is 4.72. The van der Waals surface area contributed by atoms with Crippen LogP contribution < -0.4 is 0 Å². The molecule has 1 fully saturated rings. The molecule has 12 nitrogen and oxygen atoms in total. The van der Waals surface area contributed by atoms with E-state index >= 15 is 0 Å². The van der Waals surface area contributed by atoms with Crippen LogP contribution in [0.15, 0.2) is 71.7 Å². The van der Waals surface area contributed by atoms with Gasteiger partial charge in [-0.15, -0.1) is 10.2 Å². The van der Waals surface area contributed by atoms with Crippen LogP contribution in [-0.2, 0) is 7.05 Å². The third-order valence-corrected chi connectivity index (χ3v) is 6.74. The first-order chi connectivity index (χ1) is 19.5. The van der Waals surface area contributed by atoms with E-state index in [-0.39, 0.29) is 17.4 Å². The van der Waals surface area contributed by atoms with Crippen molar-refractivity contribution in [3.8, 4) is 23.0 Å². The highest BCUT2D eigenvalue weighted by Crippen LogP contribution is 2.28. The van der Waals surface area contributed by atoms with Crippen LogP contribution in [0.5, 0.6) is 0 Å². The second kappa shape index (κ2) is 10.7. The first-order valence-corrected chi connectivity index (χ1v) is 12.5. The predicted molar refractivity (Wildman–Crippen MR) is 137 cm³/mol. The Labute approximate surface area is 226 Å². The summed E-state index contributed by atoms with van der Waals surface area (Å²) in [5, 5.41) is 11.3. The first-order valence-electron chi connectivity index (χ1n) is 12.5. The van der Waals surface area contributed by atoms with E-state index in [0.717, 1.165) is 5.56 Å². The minimum atomic E-state index is -2.88. The summed E-state index contributed by atoms with van der Waals surface area (Å²) in [6.07, 6.45) is 6.55. The van der Waals surface area contributed by atoms with Gasteiger partial charge in [-0.2, -0.15) is 8.78 Å². The number of hydrogen-bond donors (Lipinski definition) is 0. The van der Waals surface area contributed by atoms with Crippen molar-refractivity contribution < 1.29 is 18.0 Å². The molecule has 0 N–H and O–H groups in total. The van der Waals surface area contributed by atoms with Gasteiger partial charge >= 0.3 is 6.55 Å². The van der Waals surface area contributed by atoms with Crippen molar-refractivity contribution in [2.24, 2.45) is 7.05 Å². The number of alkyl halides is 2. The summed E-state index contributed by atoms with van der Waals surface area (Å²) in [6.45, 7) is -1.11. The third-order valence-electron chi connectivity index (χ3n) is 6.74. The SMILES string of the molecule is Cn1ccnc1-c1nc(-c2ccnc(C(=O)N3CCN([C@H](c4ccccc4)c4nnn(C(F)F)n4)CC3)c2)co1. The number of pyridine rings is 1. The van der Waals surface area contributed by atoms with Gasteiger partial charge in [0.1, 0.15) is 17.7 Å². The summed E-state index contributed by atoms with van der Waals surface area (Å²) in [6, 6.07) is 12.4. The van der Waals surface area contributed by atoms with Crippen molar-refractivity contribution in [1.29, 1.82) is 0 Å². The van der Waals surface area contributed by atoms with Crippen LogP contribution >= 0.6 is 0 Å². The summed E-state index contributed by atoms with van der Waals surface area (Å²) < 4.78 is 33.7. The van der Waals surface area contributed by atoms with Crippen molar-refractivity contribution in [2.75, 3.05) is 26.2 Å². The maximum Gasteiger partial charge on any atom is 0.350 e. The Morgan fingerprint density at radius 2 is 1.82 bits per heavy atom. The Morgan fingerprint density at radius 1 is 1.02 bits per heavy atom. The number of tetrazole rings is 1. The van der Waals surface area contributed by atoms with Crippen LogP contribution in [0.1, 0.15) is 34.5 Å². The zero-order chi connectivity index (χ0) is 27.6. The van der Waals surface area contributed by atoms with Crippen LogP contribution in [0.2, 0.25) is 0 Å². The molecule has 1 atom stereocenters. The zero-order valence-electron chi connectivity index (χ0n) is 21.4. The molecule has 14 heteroatoms. The van der Waals surface area contributed by atoms with Gasteiger partial charge < -0.3 is 13.9 Å². The summed E-state index contributed by atoms with van der Waals surface area (Å²) in [7, 11) is 1.85. The molecule has 40 heavy (non-hydrogen) atoms. The van der Waals surface area contributed by atoms with Gasteiger partial charge in [0.05, 0.1) is 6.04 Å². The summed E-state index contributed by atoms with van der Waals surface area (Å²) in [5.74, 6) is 0.931. The quantitative estimate of drug-likeness (QED) is 0.303. The van der Waals surface area contributed by atoms with Crippen molar-refractivity contribution in [3.63, 3.8) is 0 Å². The number of hydrogen-bond acceptors (Lipinski definition) is 9. The number of aromatic nitrogens is 8. The molecule has 0 spiro atoms. The molecule has 4 aromatic heterocycles. The van der Waals surface area contributed by atoms with E-state index in [9.17, 15) is 13.6 Å². The molecule has 1 aromatic carbocycles. The van der Waals surface area contributed by atoms with Gasteiger partial charge in [0.25, 0.3) is 11.8 Å². The van der Waals surface area contributed by atoms with E-state index in [1.807, 2.05) is 37.4 Å². The second-order valence-corrected chi connectivity index (χ2v) is 9.22. The topological polar surface area (TPSA) is 124 Å². The number of imidazole rings is 1. The maximum absolute atomic E-state index is 13.4. The van der Waals surface area contributed by atoms with Gasteiger partial charge in [-0.05, 0) is 22.9 Å². The zero-order valence-corrected chi connectivity index (χ0v) is 21.4. The number of rotatable bonds is 7. The first kappa shape index (κ1) is 25.4. The largest absolute Gasteiger partial charge is 0.442 e. The molecule has 5 aromatic rings. The Kier molecular flexibility index (Phi) is 6.82. The molecule has 1 aliphatic rings. The molecule has 0 radical (unpaired) electrons. The van der Waals surface area contributed by atoms with Gasteiger partial charge in [-0.1, -0.05) is 35.1 Å². The fraction of sp³-hybridized carbons (Fsp3) is 0.269. The molecule has 0 aliphatic carbocycles. The molecule has 0 bridgehead atoms. The van der Waals surface area contributed by atoms with E-state index in [2.05, 4.69) is 35.3 Å². The number of amides is 1. The molecule has 204 valence electrons. The standard InChI is InChI=1S/C26H24F2N10O2/c1-35-10-9-30-23(35)24-31-20(16-40-24)18-7-8-29-19(15-18)25(39)37-13-11-36(12-14-37)21(17-5-3-2-4-6-17)22-32-34-38(33-22)26(27)28/h2-10,15-16,21,26H,11-14H2,1H3/t21-/m1/s1. The van der Waals surface area contributed by atoms with Crippen LogP contribution in [0.25, 0.3) is 23.0 Å². The van der Waals surface area contributed by atoms with Crippen LogP contribution in [0.4, 0.5) is 8.78 Å². The molecule has 0 saturated carbocycles. The number of carbonyl (C=O) groups excluding carboxylic acids is 1. The van der Waals surface area contributed by atoms with E-state index in [1.165, 1.54) is 6.26 Å². The molecule has 1 saturated heterocycles. The Balaban J connectivity index is 1.17. The molecule has 1 amide bonds. The molecular weight excluding hydrogens is 522 g/mol. The Hall–Kier alpha value is -4.85. The summed E-state index contributed by atoms with van der Waals surface area (Å²) >= 11 is 0. The lowest BCUT2D eigenvalue weighted by Gasteiger charge is -2.38. The average Bonchev–Trinajstić information content (AvgIpc) is 3.75. The van der Waals surface area contributed by atoms with Gasteiger partial charge in [-0.3, -0.25) is 14.7 Å². The minimum Gasteiger partial charge on any atom is -0.442 e. The van der Waals surface area contributed by atoms with Crippen molar-refractivity contribution in [2.45, 2.75) is 12.6 Å². The summed E-state index contributed by atoms with van der Waals surface area (Å²) in [5.41, 5.74) is 2.39. The predicted octanol–water partition coefficient (Wildman–Crippen LogP) is 3.07. The molecule has 1 aliphatic heterocycles. The lowest BCUT2D eigenvalue weighted by Crippen LogP contribution is -2.50. The highest BCUT2D eigenvalue weighted by molar-refractivity contribution is 5.93. The third kappa shape index (κ3) is 4.96. The van der Waals surface area contributed by atoms with Crippen molar-refractivity contribution >= 4 is 5.91 Å². The smallest absolute Gasteiger partial charge is 0.350 e. The lowest BCUT2D eigenvalue weighted by molar-refractivity contribution is 0.0385. The molecular formula is C26H24F2N10O2. The van der Waals surface area contributed by atoms with Crippen molar-refractivity contribution in [3.05, 3.63) is 84.4 Å². The molecule has 6 rings (SSSR count). The Morgan fingerprint density at radius 3 is 2.52 bits per heavy atom. The van der Waals surface area contributed by atoms with Gasteiger partial charge in [-0.25, -0.2) is 9.97 Å². The number of halogens is 2. The highest BCUT2D eigenvalue weighted by Gasteiger charge is 2.32. The Bertz CT molecular complexity index is 1610. The van der Waals surface area contributed by atoms with E-state index in [0.29, 0.717) is 53.9 Å². The van der Waals surface area contributed by atoms with E-state index in [1.54, 1.807) is 40.2 Å². The number of carbonyl (C=O) groups is 1. The van der Waals surface area contributed by atoms with Crippen LogP contribution in [-0.4, -0.2) is 81.6 Å². The van der Waals surface area contributed by atoms with E-state index < -0.39 is 12.6 Å². The highest BCUT2D eigenvalue weighted by atomic mass is 19.3. The number of benzene rings is 1. The second-order valence-electron chi connectivity index (χ2n) is 9.22. The molecule has 5 heterocycles. The van der Waals surface area contributed by atoms with Crippen LogP contribution in [0, 0.1) is 0 Å².